The number of hydrogen-bond donors (Lipinski definition) is 0. The van der Waals surface area contributed by atoms with Crippen LogP contribution in [-0.4, -0.2) is 21.3 Å². The van der Waals surface area contributed by atoms with E-state index in [2.05, 4.69) is 18.2 Å². The summed E-state index contributed by atoms with van der Waals surface area (Å²) >= 11 is 1.64. The molecule has 0 aliphatic carbocycles. The van der Waals surface area contributed by atoms with Gasteiger partial charge in [0.1, 0.15) is 23.0 Å². The largest absolute Gasteiger partial charge is 0.496 e. The number of rotatable bonds is 5. The summed E-state index contributed by atoms with van der Waals surface area (Å²) < 4.78 is 23.5. The lowest BCUT2D eigenvalue weighted by Crippen LogP contribution is -2.29. The molecule has 4 nitrogen and oxygen atoms in total. The van der Waals surface area contributed by atoms with E-state index in [9.17, 15) is 0 Å². The number of ether oxygens (including phenoxy) is 4. The summed E-state index contributed by atoms with van der Waals surface area (Å²) in [6.07, 6.45) is 0. The van der Waals surface area contributed by atoms with Crippen LogP contribution < -0.4 is 18.9 Å². The van der Waals surface area contributed by atoms with Gasteiger partial charge in [-0.2, -0.15) is 0 Å². The first kappa shape index (κ1) is 17.6. The van der Waals surface area contributed by atoms with E-state index < -0.39 is 4.93 Å². The fourth-order valence-corrected chi connectivity index (χ4v) is 4.66. The second-order valence-corrected chi connectivity index (χ2v) is 7.26. The van der Waals surface area contributed by atoms with Crippen molar-refractivity contribution in [1.82, 2.24) is 0 Å². The molecule has 1 aliphatic heterocycles. The molecule has 0 radical (unpaired) electrons. The van der Waals surface area contributed by atoms with Gasteiger partial charge in [-0.05, 0) is 12.1 Å². The summed E-state index contributed by atoms with van der Waals surface area (Å²) in [6, 6.07) is 21.9. The minimum Gasteiger partial charge on any atom is -0.496 e. The molecule has 0 spiro atoms. The van der Waals surface area contributed by atoms with Gasteiger partial charge in [0.2, 0.25) is 4.93 Å². The molecule has 0 fully saturated rings. The minimum absolute atomic E-state index is 0.648. The molecular weight excluding hydrogens is 360 g/mol. The molecule has 4 rings (SSSR count). The number of methoxy groups -OCH3 is 3. The van der Waals surface area contributed by atoms with Crippen molar-refractivity contribution in [1.29, 1.82) is 0 Å². The number of para-hydroxylation sites is 1. The molecule has 1 unspecified atom stereocenters. The fraction of sp³-hybridized carbons (Fsp3) is 0.182. The molecule has 138 valence electrons. The maximum absolute atomic E-state index is 6.59. The highest BCUT2D eigenvalue weighted by Gasteiger charge is 2.48. The molecular formula is C22H20O4S. The monoisotopic (exact) mass is 380 g/mol. The molecule has 1 atom stereocenters. The number of hydrogen-bond acceptors (Lipinski definition) is 5. The van der Waals surface area contributed by atoms with Crippen LogP contribution in [0.25, 0.3) is 0 Å². The molecule has 5 heteroatoms. The average molecular weight is 380 g/mol. The van der Waals surface area contributed by atoms with Gasteiger partial charge in [-0.15, -0.1) is 0 Å². The molecule has 0 saturated carbocycles. The van der Waals surface area contributed by atoms with Crippen LogP contribution in [0.3, 0.4) is 0 Å². The van der Waals surface area contributed by atoms with E-state index in [0.717, 1.165) is 21.8 Å². The third-order valence-corrected chi connectivity index (χ3v) is 5.92. The van der Waals surface area contributed by atoms with E-state index in [4.69, 9.17) is 18.9 Å². The van der Waals surface area contributed by atoms with Gasteiger partial charge >= 0.3 is 0 Å². The van der Waals surface area contributed by atoms with Crippen molar-refractivity contribution >= 4 is 11.8 Å². The Labute approximate surface area is 163 Å². The normalized spacial score (nSPS) is 17.7. The van der Waals surface area contributed by atoms with Crippen LogP contribution in [0, 0.1) is 0 Å². The van der Waals surface area contributed by atoms with Crippen LogP contribution in [-0.2, 0) is 4.93 Å². The smallest absolute Gasteiger partial charge is 0.217 e. The van der Waals surface area contributed by atoms with Gasteiger partial charge in [0, 0.05) is 17.7 Å². The van der Waals surface area contributed by atoms with Gasteiger partial charge in [-0.3, -0.25) is 0 Å². The van der Waals surface area contributed by atoms with Crippen LogP contribution in [0.1, 0.15) is 11.1 Å². The van der Waals surface area contributed by atoms with Crippen LogP contribution >= 0.6 is 11.8 Å². The van der Waals surface area contributed by atoms with Gasteiger partial charge in [-0.25, -0.2) is 0 Å². The van der Waals surface area contributed by atoms with Crippen molar-refractivity contribution < 1.29 is 18.9 Å². The average Bonchev–Trinajstić information content (AvgIpc) is 3.13. The summed E-state index contributed by atoms with van der Waals surface area (Å²) in [5.41, 5.74) is 1.83. The summed E-state index contributed by atoms with van der Waals surface area (Å²) in [6.45, 7) is 0. The van der Waals surface area contributed by atoms with Crippen molar-refractivity contribution in [2.45, 2.75) is 9.83 Å². The Kier molecular flexibility index (Phi) is 4.62. The van der Waals surface area contributed by atoms with Crippen LogP contribution in [0.5, 0.6) is 23.0 Å². The van der Waals surface area contributed by atoms with Crippen molar-refractivity contribution in [2.75, 3.05) is 21.3 Å². The van der Waals surface area contributed by atoms with E-state index in [1.54, 1.807) is 33.1 Å². The molecule has 0 N–H and O–H groups in total. The van der Waals surface area contributed by atoms with E-state index in [0.29, 0.717) is 17.2 Å². The first-order valence-electron chi connectivity index (χ1n) is 8.55. The molecule has 0 bridgehead atoms. The molecule has 1 aliphatic rings. The Balaban J connectivity index is 2.00. The Bertz CT molecular complexity index is 906. The molecule has 3 aromatic rings. The number of fused-ring (bicyclic) bond motifs is 1. The first-order valence-corrected chi connectivity index (χ1v) is 9.36. The van der Waals surface area contributed by atoms with Crippen molar-refractivity contribution in [3.05, 3.63) is 77.9 Å². The van der Waals surface area contributed by atoms with Gasteiger partial charge < -0.3 is 18.9 Å². The summed E-state index contributed by atoms with van der Waals surface area (Å²) in [4.78, 5) is 0.245. The maximum atomic E-state index is 6.59. The maximum Gasteiger partial charge on any atom is 0.217 e. The van der Waals surface area contributed by atoms with Gasteiger partial charge in [0.25, 0.3) is 0 Å². The minimum atomic E-state index is -0.825. The Hall–Kier alpha value is -2.79. The number of thioether (sulfide) groups is 1. The van der Waals surface area contributed by atoms with E-state index in [1.807, 2.05) is 48.5 Å². The van der Waals surface area contributed by atoms with Crippen LogP contribution in [0.2, 0.25) is 0 Å². The van der Waals surface area contributed by atoms with Crippen molar-refractivity contribution in [3.63, 3.8) is 0 Å². The summed E-state index contributed by atoms with van der Waals surface area (Å²) in [7, 11) is 4.91. The van der Waals surface area contributed by atoms with Crippen LogP contribution in [0.15, 0.2) is 71.6 Å². The molecule has 0 amide bonds. The SMILES string of the molecule is COc1cc(OC)c(C2(c3ccccc3)Oc3ccccc3S2)c(OC)c1. The van der Waals surface area contributed by atoms with Crippen molar-refractivity contribution in [2.24, 2.45) is 0 Å². The molecule has 27 heavy (non-hydrogen) atoms. The lowest BCUT2D eigenvalue weighted by atomic mass is 9.98. The summed E-state index contributed by atoms with van der Waals surface area (Å²) in [5.74, 6) is 2.80. The van der Waals surface area contributed by atoms with E-state index >= 15 is 0 Å². The predicted octanol–water partition coefficient (Wildman–Crippen LogP) is 5.10. The quantitative estimate of drug-likeness (QED) is 0.616. The highest BCUT2D eigenvalue weighted by molar-refractivity contribution is 8.00. The Morgan fingerprint density at radius 2 is 1.41 bits per heavy atom. The van der Waals surface area contributed by atoms with Crippen LogP contribution in [0.4, 0.5) is 0 Å². The highest BCUT2D eigenvalue weighted by atomic mass is 32.2. The lowest BCUT2D eigenvalue weighted by Gasteiger charge is -2.31. The third-order valence-electron chi connectivity index (χ3n) is 4.55. The van der Waals surface area contributed by atoms with Gasteiger partial charge in [-0.1, -0.05) is 54.2 Å². The standard InChI is InChI=1S/C22H20O4S/c1-23-16-13-18(24-2)21(19(14-16)25-3)22(15-9-5-4-6-10-15)26-17-11-7-8-12-20(17)27-22/h4-14H,1-3H3. The zero-order valence-corrected chi connectivity index (χ0v) is 16.2. The lowest BCUT2D eigenvalue weighted by molar-refractivity contribution is 0.206. The molecule has 0 aromatic heterocycles. The van der Waals surface area contributed by atoms with Crippen molar-refractivity contribution in [3.8, 4) is 23.0 Å². The second kappa shape index (κ2) is 7.08. The first-order chi connectivity index (χ1) is 13.2. The fourth-order valence-electron chi connectivity index (χ4n) is 3.30. The second-order valence-electron chi connectivity index (χ2n) is 6.04. The summed E-state index contributed by atoms with van der Waals surface area (Å²) in [5, 5.41) is 0. The highest BCUT2D eigenvalue weighted by Crippen LogP contribution is 2.60. The van der Waals surface area contributed by atoms with E-state index in [1.165, 1.54) is 0 Å². The van der Waals surface area contributed by atoms with Gasteiger partial charge in [0.15, 0.2) is 0 Å². The Morgan fingerprint density at radius 1 is 0.778 bits per heavy atom. The zero-order chi connectivity index (χ0) is 18.9. The molecule has 3 aromatic carbocycles. The van der Waals surface area contributed by atoms with Gasteiger partial charge in [0.05, 0.1) is 31.8 Å². The number of benzene rings is 3. The zero-order valence-electron chi connectivity index (χ0n) is 15.4. The van der Waals surface area contributed by atoms with E-state index in [-0.39, 0.29) is 0 Å². The molecule has 1 heterocycles. The Morgan fingerprint density at radius 3 is 2.00 bits per heavy atom. The molecule has 0 saturated heterocycles. The third kappa shape index (κ3) is 2.88. The topological polar surface area (TPSA) is 36.9 Å². The predicted molar refractivity (Wildman–Crippen MR) is 106 cm³/mol.